The highest BCUT2D eigenvalue weighted by atomic mass is 16.5. The van der Waals surface area contributed by atoms with Crippen molar-refractivity contribution in [2.24, 2.45) is 0 Å². The number of aliphatic hydroxyl groups excluding tert-OH is 4. The van der Waals surface area contributed by atoms with Crippen LogP contribution in [0.4, 0.5) is 0 Å². The number of hydrogen-bond acceptors (Lipinski definition) is 10. The summed E-state index contributed by atoms with van der Waals surface area (Å²) >= 11 is 0. The van der Waals surface area contributed by atoms with Gasteiger partial charge in [-0.3, -0.25) is 4.79 Å². The Morgan fingerprint density at radius 1 is 0.971 bits per heavy atom. The van der Waals surface area contributed by atoms with E-state index in [4.69, 9.17) is 18.9 Å². The fraction of sp³-hybridized carbons (Fsp3) is 0.375. The van der Waals surface area contributed by atoms with Gasteiger partial charge in [-0.2, -0.15) is 0 Å². The van der Waals surface area contributed by atoms with Crippen molar-refractivity contribution in [3.63, 3.8) is 0 Å². The van der Waals surface area contributed by atoms with E-state index in [2.05, 4.69) is 0 Å². The van der Waals surface area contributed by atoms with Crippen molar-refractivity contribution in [2.75, 3.05) is 27.9 Å². The summed E-state index contributed by atoms with van der Waals surface area (Å²) < 4.78 is 21.3. The van der Waals surface area contributed by atoms with Crippen molar-refractivity contribution in [1.29, 1.82) is 0 Å². The number of rotatable bonds is 8. The number of ketones is 1. The molecule has 10 heteroatoms. The number of hydrogen-bond donors (Lipinski definition) is 5. The predicted molar refractivity (Wildman–Crippen MR) is 120 cm³/mol. The number of aliphatic hydroxyl groups is 4. The molecule has 0 aliphatic carbocycles. The Balaban J connectivity index is 2.05. The van der Waals surface area contributed by atoms with Crippen LogP contribution in [0.5, 0.6) is 23.0 Å². The Kier molecular flexibility index (Phi) is 8.13. The molecule has 1 aliphatic rings. The molecule has 0 bridgehead atoms. The summed E-state index contributed by atoms with van der Waals surface area (Å²) in [6.07, 6.45) is -4.82. The second-order valence-corrected chi connectivity index (χ2v) is 7.64. The molecule has 0 spiro atoms. The first-order valence-corrected chi connectivity index (χ1v) is 10.4. The molecule has 5 N–H and O–H groups in total. The first kappa shape index (κ1) is 25.5. The van der Waals surface area contributed by atoms with Gasteiger partial charge in [0.25, 0.3) is 0 Å². The van der Waals surface area contributed by atoms with Gasteiger partial charge in [0.1, 0.15) is 59.1 Å². The highest BCUT2D eigenvalue weighted by Crippen LogP contribution is 2.46. The lowest BCUT2D eigenvalue weighted by Gasteiger charge is -2.40. The van der Waals surface area contributed by atoms with E-state index in [-0.39, 0.29) is 22.6 Å². The van der Waals surface area contributed by atoms with Gasteiger partial charge in [-0.05, 0) is 23.8 Å². The maximum absolute atomic E-state index is 13.1. The van der Waals surface area contributed by atoms with E-state index in [1.807, 2.05) is 0 Å². The van der Waals surface area contributed by atoms with Crippen LogP contribution in [0.25, 0.3) is 6.08 Å². The van der Waals surface area contributed by atoms with Crippen LogP contribution in [-0.4, -0.2) is 83.7 Å². The number of phenolic OH excluding ortho intramolecular Hbond substituents is 1. The fourth-order valence-electron chi connectivity index (χ4n) is 3.79. The lowest BCUT2D eigenvalue weighted by Crippen LogP contribution is -2.55. The second kappa shape index (κ2) is 10.9. The largest absolute Gasteiger partial charge is 0.506 e. The summed E-state index contributed by atoms with van der Waals surface area (Å²) in [6.45, 7) is -0.656. The average molecular weight is 476 g/mol. The van der Waals surface area contributed by atoms with Crippen LogP contribution in [0.3, 0.4) is 0 Å². The number of aromatic hydroxyl groups is 1. The highest BCUT2D eigenvalue weighted by Gasteiger charge is 2.46. The molecule has 0 amide bonds. The maximum Gasteiger partial charge on any atom is 0.193 e. The van der Waals surface area contributed by atoms with Crippen LogP contribution in [0.2, 0.25) is 0 Å². The number of benzene rings is 2. The van der Waals surface area contributed by atoms with E-state index in [1.54, 1.807) is 37.5 Å². The Hall–Kier alpha value is -3.15. The first-order chi connectivity index (χ1) is 16.3. The van der Waals surface area contributed by atoms with Crippen LogP contribution < -0.4 is 14.2 Å². The Morgan fingerprint density at radius 2 is 1.62 bits per heavy atom. The standard InChI is InChI=1S/C24H28O10/c1-31-13-7-4-12(5-8-13)6-9-14(26)18-15(32-2)10-16(33-3)19(21(18)28)24-23(30)22(29)20(27)17(11-25)34-24/h4-10,17,20,22-25,27-30H,11H2,1-3H3/b9-6+/t17?,20-,22?,23?,24+/m1/s1. The third-order valence-corrected chi connectivity index (χ3v) is 5.67. The number of methoxy groups -OCH3 is 3. The van der Waals surface area contributed by atoms with Crippen LogP contribution in [0, 0.1) is 0 Å². The molecule has 2 aromatic rings. The quantitative estimate of drug-likeness (QED) is 0.273. The van der Waals surface area contributed by atoms with Crippen molar-refractivity contribution in [3.8, 4) is 23.0 Å². The summed E-state index contributed by atoms with van der Waals surface area (Å²) in [5.41, 5.74) is 0.344. The van der Waals surface area contributed by atoms with E-state index in [9.17, 15) is 30.3 Å². The third-order valence-electron chi connectivity index (χ3n) is 5.67. The summed E-state index contributed by atoms with van der Waals surface area (Å²) in [5.74, 6) is -0.535. The van der Waals surface area contributed by atoms with E-state index in [0.29, 0.717) is 11.3 Å². The van der Waals surface area contributed by atoms with Gasteiger partial charge in [0.2, 0.25) is 0 Å². The zero-order valence-electron chi connectivity index (χ0n) is 18.9. The van der Waals surface area contributed by atoms with Gasteiger partial charge < -0.3 is 44.5 Å². The van der Waals surface area contributed by atoms with Gasteiger partial charge in [0.05, 0.1) is 33.5 Å². The van der Waals surface area contributed by atoms with Crippen molar-refractivity contribution in [2.45, 2.75) is 30.5 Å². The normalized spacial score (nSPS) is 24.7. The summed E-state index contributed by atoms with van der Waals surface area (Å²) in [6, 6.07) is 8.28. The Morgan fingerprint density at radius 3 is 2.18 bits per heavy atom. The van der Waals surface area contributed by atoms with E-state index >= 15 is 0 Å². The molecule has 0 aromatic heterocycles. The molecule has 0 saturated carbocycles. The van der Waals surface area contributed by atoms with Gasteiger partial charge in [-0.25, -0.2) is 0 Å². The number of phenols is 1. The topological polar surface area (TPSA) is 155 Å². The van der Waals surface area contributed by atoms with E-state index in [1.165, 1.54) is 26.4 Å². The minimum absolute atomic E-state index is 0.00655. The van der Waals surface area contributed by atoms with Gasteiger partial charge in [0, 0.05) is 6.07 Å². The minimum Gasteiger partial charge on any atom is -0.506 e. The molecule has 5 atom stereocenters. The zero-order valence-corrected chi connectivity index (χ0v) is 18.9. The van der Waals surface area contributed by atoms with Crippen LogP contribution in [-0.2, 0) is 4.74 Å². The molecule has 10 nitrogen and oxygen atoms in total. The molecule has 2 aromatic carbocycles. The molecule has 34 heavy (non-hydrogen) atoms. The molecule has 3 unspecified atom stereocenters. The van der Waals surface area contributed by atoms with Crippen LogP contribution in [0.15, 0.2) is 36.4 Å². The number of carbonyl (C=O) groups excluding carboxylic acids is 1. The summed E-state index contributed by atoms with van der Waals surface area (Å²) in [5, 5.41) is 51.4. The van der Waals surface area contributed by atoms with Gasteiger partial charge >= 0.3 is 0 Å². The van der Waals surface area contributed by atoms with E-state index < -0.39 is 48.7 Å². The Bertz CT molecular complexity index is 1030. The molecule has 0 radical (unpaired) electrons. The number of allylic oxidation sites excluding steroid dienone is 1. The molecule has 3 rings (SSSR count). The molecule has 184 valence electrons. The van der Waals surface area contributed by atoms with Crippen molar-refractivity contribution >= 4 is 11.9 Å². The predicted octanol–water partition coefficient (Wildman–Crippen LogP) is 0.829. The molecule has 1 saturated heterocycles. The third kappa shape index (κ3) is 4.86. The zero-order chi connectivity index (χ0) is 25.0. The van der Waals surface area contributed by atoms with Crippen LogP contribution in [0.1, 0.15) is 27.6 Å². The fourth-order valence-corrected chi connectivity index (χ4v) is 3.79. The lowest BCUT2D eigenvalue weighted by molar-refractivity contribution is -0.232. The minimum atomic E-state index is -1.69. The Labute approximate surface area is 196 Å². The maximum atomic E-state index is 13.1. The smallest absolute Gasteiger partial charge is 0.193 e. The SMILES string of the molecule is COc1ccc(/C=C/C(=O)c2c(OC)cc(OC)c([C@@H]3OC(CO)[C@@H](O)C(O)C3O)c2O)cc1. The van der Waals surface area contributed by atoms with Crippen molar-refractivity contribution < 1.29 is 49.3 Å². The molecule has 1 aliphatic heterocycles. The van der Waals surface area contributed by atoms with Gasteiger partial charge in [0.15, 0.2) is 5.78 Å². The van der Waals surface area contributed by atoms with Crippen molar-refractivity contribution in [1.82, 2.24) is 0 Å². The average Bonchev–Trinajstić information content (AvgIpc) is 2.86. The summed E-state index contributed by atoms with van der Waals surface area (Å²) in [7, 11) is 4.15. The molecule has 1 fully saturated rings. The monoisotopic (exact) mass is 476 g/mol. The first-order valence-electron chi connectivity index (χ1n) is 10.4. The number of carbonyl (C=O) groups is 1. The lowest BCUT2D eigenvalue weighted by atomic mass is 9.88. The molecule has 1 heterocycles. The van der Waals surface area contributed by atoms with Crippen molar-refractivity contribution in [3.05, 3.63) is 53.1 Å². The van der Waals surface area contributed by atoms with Gasteiger partial charge in [-0.1, -0.05) is 18.2 Å². The number of ether oxygens (including phenoxy) is 4. The summed E-state index contributed by atoms with van der Waals surface area (Å²) in [4.78, 5) is 13.1. The second-order valence-electron chi connectivity index (χ2n) is 7.64. The molecular formula is C24H28O10. The highest BCUT2D eigenvalue weighted by molar-refractivity contribution is 6.11. The molecular weight excluding hydrogens is 448 g/mol. The van der Waals surface area contributed by atoms with E-state index in [0.717, 1.165) is 0 Å². The van der Waals surface area contributed by atoms with Gasteiger partial charge in [-0.15, -0.1) is 0 Å². The van der Waals surface area contributed by atoms with Crippen LogP contribution >= 0.6 is 0 Å².